The van der Waals surface area contributed by atoms with Crippen LogP contribution in [0.5, 0.6) is 5.75 Å². The first-order valence-corrected chi connectivity index (χ1v) is 17.3. The van der Waals surface area contributed by atoms with E-state index in [0.717, 1.165) is 35.4 Å². The number of aliphatic hydroxyl groups is 1. The fraction of sp³-hybridized carbons (Fsp3) is 0.462. The van der Waals surface area contributed by atoms with Crippen molar-refractivity contribution in [1.29, 1.82) is 0 Å². The highest BCUT2D eigenvalue weighted by molar-refractivity contribution is 6.08. The van der Waals surface area contributed by atoms with Crippen LogP contribution < -0.4 is 14.5 Å². The van der Waals surface area contributed by atoms with E-state index in [-0.39, 0.29) is 42.7 Å². The predicted molar refractivity (Wildman–Crippen MR) is 184 cm³/mol. The van der Waals surface area contributed by atoms with Gasteiger partial charge in [-0.25, -0.2) is 4.79 Å². The van der Waals surface area contributed by atoms with E-state index in [1.54, 1.807) is 21.8 Å². The van der Waals surface area contributed by atoms with Crippen molar-refractivity contribution >= 4 is 29.3 Å². The molecule has 10 heteroatoms. The van der Waals surface area contributed by atoms with Crippen molar-refractivity contribution in [3.8, 4) is 5.75 Å². The summed E-state index contributed by atoms with van der Waals surface area (Å²) < 4.78 is 17.9. The van der Waals surface area contributed by atoms with Crippen molar-refractivity contribution in [3.05, 3.63) is 89.5 Å². The van der Waals surface area contributed by atoms with Crippen LogP contribution in [0.1, 0.15) is 56.7 Å². The molecule has 0 unspecified atom stereocenters. The molecule has 0 aliphatic carbocycles. The number of cyclic esters (lactones) is 1. The van der Waals surface area contributed by atoms with E-state index in [1.807, 2.05) is 72.8 Å². The van der Waals surface area contributed by atoms with E-state index in [2.05, 4.69) is 20.8 Å². The summed E-state index contributed by atoms with van der Waals surface area (Å²) in [5.74, 6) is -0.162. The number of methoxy groups -OCH3 is 1. The van der Waals surface area contributed by atoms with Crippen molar-refractivity contribution in [2.75, 3.05) is 43.2 Å². The smallest absolute Gasteiger partial charge is 0.414 e. The highest BCUT2D eigenvalue weighted by Crippen LogP contribution is 2.60. The summed E-state index contributed by atoms with van der Waals surface area (Å²) in [5.41, 5.74) is 2.12. The highest BCUT2D eigenvalue weighted by atomic mass is 16.6. The zero-order chi connectivity index (χ0) is 34.5. The van der Waals surface area contributed by atoms with Gasteiger partial charge in [-0.05, 0) is 59.7 Å². The molecule has 0 saturated carbocycles. The first kappa shape index (κ1) is 33.1. The number of anilines is 2. The van der Waals surface area contributed by atoms with E-state index in [0.29, 0.717) is 37.5 Å². The lowest BCUT2D eigenvalue weighted by molar-refractivity contribution is -0.150. The Balaban J connectivity index is 1.35. The Kier molecular flexibility index (Phi) is 8.65. The zero-order valence-corrected chi connectivity index (χ0v) is 28.6. The number of hydrogen-bond acceptors (Lipinski definition) is 7. The molecule has 3 amide bonds. The molecule has 4 aliphatic heterocycles. The molecule has 4 aliphatic rings. The van der Waals surface area contributed by atoms with Gasteiger partial charge in [0.25, 0.3) is 5.91 Å². The third kappa shape index (κ3) is 5.45. The molecule has 3 aromatic carbocycles. The molecule has 49 heavy (non-hydrogen) atoms. The molecule has 0 radical (unpaired) electrons. The molecule has 10 nitrogen and oxygen atoms in total. The van der Waals surface area contributed by atoms with Crippen molar-refractivity contribution in [2.24, 2.45) is 11.8 Å². The second kappa shape index (κ2) is 12.8. The Labute approximate surface area is 287 Å². The number of hydrogen-bond donors (Lipinski definition) is 1. The normalized spacial score (nSPS) is 26.5. The van der Waals surface area contributed by atoms with Crippen LogP contribution in [0, 0.1) is 11.8 Å². The highest BCUT2D eigenvalue weighted by Gasteiger charge is 2.66. The van der Waals surface area contributed by atoms with E-state index >= 15 is 4.79 Å². The third-order valence-electron chi connectivity index (χ3n) is 11.4. The Morgan fingerprint density at radius 1 is 1.04 bits per heavy atom. The maximum absolute atomic E-state index is 15.1. The maximum atomic E-state index is 15.1. The maximum Gasteiger partial charge on any atom is 0.414 e. The van der Waals surface area contributed by atoms with Crippen LogP contribution >= 0.6 is 0 Å². The SMILES string of the molecule is COc1ccc(C(C)(C)[C@@H]2[C@@H](CC(=O)N3CCC[C@H]3CO)O[C@]3(C(=O)N(Cc4ccccc4)c4ccc(N5CCOC5=O)cc43)[C@H]2C)cc1. The number of benzene rings is 3. The van der Waals surface area contributed by atoms with Gasteiger partial charge in [-0.15, -0.1) is 0 Å². The minimum atomic E-state index is -1.41. The summed E-state index contributed by atoms with van der Waals surface area (Å²) in [7, 11) is 1.64. The first-order valence-electron chi connectivity index (χ1n) is 17.3. The molecule has 0 bridgehead atoms. The van der Waals surface area contributed by atoms with Crippen LogP contribution in [-0.4, -0.2) is 73.5 Å². The van der Waals surface area contributed by atoms with Gasteiger partial charge in [0, 0.05) is 29.6 Å². The van der Waals surface area contributed by atoms with E-state index in [9.17, 15) is 14.7 Å². The molecular formula is C39H45N3O7. The monoisotopic (exact) mass is 667 g/mol. The Hall–Kier alpha value is -4.41. The van der Waals surface area contributed by atoms with Crippen LogP contribution in [0.25, 0.3) is 0 Å². The molecular weight excluding hydrogens is 622 g/mol. The summed E-state index contributed by atoms with van der Waals surface area (Å²) in [5, 5.41) is 10.0. The predicted octanol–water partition coefficient (Wildman–Crippen LogP) is 5.40. The van der Waals surface area contributed by atoms with Crippen LogP contribution in [0.3, 0.4) is 0 Å². The number of rotatable bonds is 9. The fourth-order valence-corrected chi connectivity index (χ4v) is 8.86. The second-order valence-electron chi connectivity index (χ2n) is 14.3. The topological polar surface area (TPSA) is 109 Å². The third-order valence-corrected chi connectivity index (χ3v) is 11.4. The number of carbonyl (C=O) groups is 3. The summed E-state index contributed by atoms with van der Waals surface area (Å²) >= 11 is 0. The Morgan fingerprint density at radius 2 is 1.80 bits per heavy atom. The summed E-state index contributed by atoms with van der Waals surface area (Å²) in [4.78, 5) is 47.0. The van der Waals surface area contributed by atoms with Crippen molar-refractivity contribution in [1.82, 2.24) is 4.90 Å². The molecule has 5 atom stereocenters. The standard InChI is InChI=1S/C39H45N3O7/c1-25-35(38(2,3)27-12-15-30(47-4)16-13-27)33(22-34(44)40-18-8-11-29(40)24-43)49-39(25)31-21-28(41-19-20-48-37(41)46)14-17-32(31)42(36(39)45)23-26-9-6-5-7-10-26/h5-7,9-10,12-17,21,25,29,33,35,43H,8,11,18-20,22-24H2,1-4H3/t25-,29-,33+,35-,39+/m0/s1. The molecule has 7 rings (SSSR count). The van der Waals surface area contributed by atoms with Crippen molar-refractivity contribution in [2.45, 2.75) is 69.7 Å². The van der Waals surface area contributed by atoms with Crippen LogP contribution in [0.15, 0.2) is 72.8 Å². The summed E-state index contributed by atoms with van der Waals surface area (Å²) in [6.45, 7) is 7.93. The molecule has 1 N–H and O–H groups in total. The lowest BCUT2D eigenvalue weighted by atomic mass is 9.63. The molecule has 258 valence electrons. The van der Waals surface area contributed by atoms with E-state index in [1.165, 1.54) is 0 Å². The lowest BCUT2D eigenvalue weighted by Crippen LogP contribution is -2.46. The van der Waals surface area contributed by atoms with E-state index < -0.39 is 23.2 Å². The fourth-order valence-electron chi connectivity index (χ4n) is 8.86. The zero-order valence-electron chi connectivity index (χ0n) is 28.6. The van der Waals surface area contributed by atoms with Crippen LogP contribution in [-0.2, 0) is 36.6 Å². The van der Waals surface area contributed by atoms with Crippen molar-refractivity contribution in [3.63, 3.8) is 0 Å². The quantitative estimate of drug-likeness (QED) is 0.326. The lowest BCUT2D eigenvalue weighted by Gasteiger charge is -2.39. The number of carbonyl (C=O) groups excluding carboxylic acids is 3. The van der Waals surface area contributed by atoms with Gasteiger partial charge in [-0.3, -0.25) is 14.5 Å². The minimum absolute atomic E-state index is 0.0757. The molecule has 3 aromatic rings. The number of nitrogens with zero attached hydrogens (tertiary/aromatic N) is 3. The number of aliphatic hydroxyl groups excluding tert-OH is 1. The van der Waals surface area contributed by atoms with Gasteiger partial charge in [0.1, 0.15) is 12.4 Å². The number of amides is 3. The number of ether oxygens (including phenoxy) is 3. The van der Waals surface area contributed by atoms with Gasteiger partial charge < -0.3 is 29.1 Å². The van der Waals surface area contributed by atoms with Crippen LogP contribution in [0.4, 0.5) is 16.2 Å². The first-order chi connectivity index (χ1) is 23.6. The minimum Gasteiger partial charge on any atom is -0.497 e. The van der Waals surface area contributed by atoms with E-state index in [4.69, 9.17) is 14.2 Å². The van der Waals surface area contributed by atoms with Gasteiger partial charge in [0.05, 0.1) is 51.1 Å². The van der Waals surface area contributed by atoms with Gasteiger partial charge in [0.2, 0.25) is 5.91 Å². The molecule has 3 fully saturated rings. The van der Waals surface area contributed by atoms with Gasteiger partial charge in [-0.1, -0.05) is 63.2 Å². The Morgan fingerprint density at radius 3 is 2.47 bits per heavy atom. The molecule has 3 saturated heterocycles. The molecule has 0 aromatic heterocycles. The number of fused-ring (bicyclic) bond motifs is 2. The molecule has 4 heterocycles. The second-order valence-corrected chi connectivity index (χ2v) is 14.3. The Bertz CT molecular complexity index is 1730. The van der Waals surface area contributed by atoms with Crippen LogP contribution in [0.2, 0.25) is 0 Å². The van der Waals surface area contributed by atoms with Crippen molar-refractivity contribution < 1.29 is 33.7 Å². The largest absolute Gasteiger partial charge is 0.497 e. The summed E-state index contributed by atoms with van der Waals surface area (Å²) in [6, 6.07) is 23.3. The summed E-state index contributed by atoms with van der Waals surface area (Å²) in [6.07, 6.45) is 0.633. The van der Waals surface area contributed by atoms with Gasteiger partial charge >= 0.3 is 6.09 Å². The average Bonchev–Trinajstić information content (AvgIpc) is 3.88. The average molecular weight is 668 g/mol. The van der Waals surface area contributed by atoms with Gasteiger partial charge in [0.15, 0.2) is 5.60 Å². The van der Waals surface area contributed by atoms with Gasteiger partial charge in [-0.2, -0.15) is 0 Å². The molecule has 1 spiro atoms. The number of likely N-dealkylation sites (tertiary alicyclic amines) is 1.